The molecule has 3 heterocycles. The van der Waals surface area contributed by atoms with Gasteiger partial charge >= 0.3 is 0 Å². The lowest BCUT2D eigenvalue weighted by Crippen LogP contribution is -2.15. The van der Waals surface area contributed by atoms with Gasteiger partial charge in [0.25, 0.3) is 0 Å². The molecule has 1 fully saturated rings. The zero-order chi connectivity index (χ0) is 21.2. The van der Waals surface area contributed by atoms with Gasteiger partial charge in [-0.15, -0.1) is 0 Å². The molecule has 2 N–H and O–H groups in total. The van der Waals surface area contributed by atoms with Gasteiger partial charge < -0.3 is 14.6 Å². The average molecular weight is 432 g/mol. The number of anilines is 2. The highest BCUT2D eigenvalue weighted by Gasteiger charge is 2.43. The van der Waals surface area contributed by atoms with Crippen LogP contribution in [0.15, 0.2) is 24.8 Å². The number of halogens is 3. The first-order chi connectivity index (χ1) is 14.3. The molecule has 11 heteroatoms. The van der Waals surface area contributed by atoms with E-state index >= 15 is 4.39 Å². The summed E-state index contributed by atoms with van der Waals surface area (Å²) in [6, 6.07) is 0. The minimum Gasteiger partial charge on any atom is -0.373 e. The number of nitrogens with one attached hydrogen (secondary N) is 2. The lowest BCUT2D eigenvalue weighted by atomic mass is 10.1. The summed E-state index contributed by atoms with van der Waals surface area (Å²) >= 11 is 6.39. The van der Waals surface area contributed by atoms with Crippen LogP contribution >= 0.6 is 11.6 Å². The molecule has 30 heavy (non-hydrogen) atoms. The third-order valence-electron chi connectivity index (χ3n) is 5.11. The van der Waals surface area contributed by atoms with Crippen LogP contribution in [0.2, 0.25) is 5.02 Å². The number of nitrogens with zero attached hydrogens (tertiary/aromatic N) is 5. The van der Waals surface area contributed by atoms with Crippen LogP contribution in [0.1, 0.15) is 6.42 Å². The number of carbonyl (C=O) groups is 1. The minimum atomic E-state index is -1.09. The molecule has 154 valence electrons. The number of H-pyrrole nitrogens is 1. The van der Waals surface area contributed by atoms with Crippen LogP contribution < -0.4 is 10.2 Å². The van der Waals surface area contributed by atoms with Crippen molar-refractivity contribution in [3.8, 4) is 11.3 Å². The van der Waals surface area contributed by atoms with Crippen LogP contribution in [0.5, 0.6) is 0 Å². The predicted molar refractivity (Wildman–Crippen MR) is 109 cm³/mol. The second-order valence-corrected chi connectivity index (χ2v) is 7.79. The molecular weight excluding hydrogens is 416 g/mol. The molecule has 0 bridgehead atoms. The number of hydrogen-bond acceptors (Lipinski definition) is 5. The van der Waals surface area contributed by atoms with Gasteiger partial charge in [0.05, 0.1) is 40.7 Å². The van der Waals surface area contributed by atoms with E-state index in [1.807, 2.05) is 0 Å². The molecule has 1 aliphatic rings. The highest BCUT2D eigenvalue weighted by molar-refractivity contribution is 6.35. The van der Waals surface area contributed by atoms with Crippen molar-refractivity contribution in [3.05, 3.63) is 35.6 Å². The number of aromatic amines is 1. The van der Waals surface area contributed by atoms with E-state index in [0.29, 0.717) is 33.5 Å². The van der Waals surface area contributed by atoms with Crippen LogP contribution in [-0.4, -0.2) is 50.7 Å². The summed E-state index contributed by atoms with van der Waals surface area (Å²) in [5, 5.41) is 10.0. The van der Waals surface area contributed by atoms with E-state index in [0.717, 1.165) is 0 Å². The second-order valence-electron chi connectivity index (χ2n) is 7.42. The largest absolute Gasteiger partial charge is 0.373 e. The van der Waals surface area contributed by atoms with Gasteiger partial charge in [-0.25, -0.2) is 13.8 Å². The van der Waals surface area contributed by atoms with Gasteiger partial charge in [-0.1, -0.05) is 11.6 Å². The summed E-state index contributed by atoms with van der Waals surface area (Å²) < 4.78 is 29.7. The normalized spacial score (nSPS) is 18.2. The first-order valence-electron chi connectivity index (χ1n) is 9.16. The van der Waals surface area contributed by atoms with Crippen LogP contribution in [0.25, 0.3) is 27.8 Å². The van der Waals surface area contributed by atoms with Gasteiger partial charge in [-0.2, -0.15) is 5.10 Å². The van der Waals surface area contributed by atoms with Crippen LogP contribution in [-0.2, 0) is 4.79 Å². The quantitative estimate of drug-likeness (QED) is 0.516. The fraction of sp³-hybridized carbons (Fsp3) is 0.263. The molecule has 2 atom stereocenters. The van der Waals surface area contributed by atoms with Crippen molar-refractivity contribution in [1.29, 1.82) is 0 Å². The summed E-state index contributed by atoms with van der Waals surface area (Å²) in [6.45, 7) is 0. The maximum atomic E-state index is 15.0. The zero-order valence-electron chi connectivity index (χ0n) is 15.9. The van der Waals surface area contributed by atoms with Gasteiger partial charge in [0.15, 0.2) is 17.3 Å². The molecule has 0 saturated heterocycles. The van der Waals surface area contributed by atoms with Gasteiger partial charge in [-0.3, -0.25) is 14.9 Å². The SMILES string of the molecule is CN(C)c1c(F)c(Cl)c(-c2cn3cc(NC(=O)C4CC4F)nc3cn2)c2cn[nH]c12. The molecule has 5 rings (SSSR count). The standard InChI is InChI=1S/C19H16ClF2N7O/c1-28(2)18-16(22)15(20)14(9-4-24-27-17(9)18)11-6-29-7-12(25-13(29)5-23-11)26-19(30)8-3-10(8)21/h4-8,10H,3H2,1-2H3,(H,24,27)(H,26,30). The summed E-state index contributed by atoms with van der Waals surface area (Å²) in [5.41, 5.74) is 2.07. The Morgan fingerprint density at radius 2 is 2.13 bits per heavy atom. The van der Waals surface area contributed by atoms with E-state index in [1.165, 1.54) is 6.20 Å². The third-order valence-corrected chi connectivity index (χ3v) is 5.47. The predicted octanol–water partition coefficient (Wildman–Crippen LogP) is 3.43. The average Bonchev–Trinajstić information content (AvgIpc) is 3.08. The molecule has 0 spiro atoms. The molecule has 1 amide bonds. The molecule has 8 nitrogen and oxygen atoms in total. The van der Waals surface area contributed by atoms with Crippen molar-refractivity contribution in [3.63, 3.8) is 0 Å². The van der Waals surface area contributed by atoms with Gasteiger partial charge in [0.2, 0.25) is 5.91 Å². The number of fused-ring (bicyclic) bond motifs is 2. The number of imidazole rings is 1. The lowest BCUT2D eigenvalue weighted by Gasteiger charge is -2.17. The van der Waals surface area contributed by atoms with E-state index in [2.05, 4.69) is 25.5 Å². The zero-order valence-corrected chi connectivity index (χ0v) is 16.7. The Bertz CT molecular complexity index is 1320. The van der Waals surface area contributed by atoms with Gasteiger partial charge in [0, 0.05) is 31.2 Å². The van der Waals surface area contributed by atoms with Crippen molar-refractivity contribution in [2.24, 2.45) is 5.92 Å². The van der Waals surface area contributed by atoms with Crippen molar-refractivity contribution in [2.75, 3.05) is 24.3 Å². The van der Waals surface area contributed by atoms with E-state index in [9.17, 15) is 9.18 Å². The number of amides is 1. The minimum absolute atomic E-state index is 0.0733. The first-order valence-corrected chi connectivity index (χ1v) is 9.54. The molecule has 3 aromatic heterocycles. The van der Waals surface area contributed by atoms with E-state index in [1.54, 1.807) is 42.0 Å². The molecule has 0 radical (unpaired) electrons. The Balaban J connectivity index is 1.59. The van der Waals surface area contributed by atoms with Crippen molar-refractivity contribution < 1.29 is 13.6 Å². The fourth-order valence-electron chi connectivity index (χ4n) is 3.51. The summed E-state index contributed by atoms with van der Waals surface area (Å²) in [5.74, 6) is -1.32. The highest BCUT2D eigenvalue weighted by Crippen LogP contribution is 2.41. The maximum absolute atomic E-state index is 15.0. The first kappa shape index (κ1) is 18.7. The van der Waals surface area contributed by atoms with E-state index < -0.39 is 23.8 Å². The molecule has 1 aromatic carbocycles. The molecule has 1 aliphatic carbocycles. The Morgan fingerprint density at radius 3 is 2.83 bits per heavy atom. The Kier molecular flexibility index (Phi) is 4.14. The monoisotopic (exact) mass is 431 g/mol. The number of hydrogen-bond donors (Lipinski definition) is 2. The fourth-order valence-corrected chi connectivity index (χ4v) is 3.80. The van der Waals surface area contributed by atoms with Crippen LogP contribution in [0, 0.1) is 11.7 Å². The lowest BCUT2D eigenvalue weighted by molar-refractivity contribution is -0.117. The van der Waals surface area contributed by atoms with Gasteiger partial charge in [0.1, 0.15) is 11.9 Å². The Hall–Kier alpha value is -3.27. The number of carbonyl (C=O) groups excluding carboxylic acids is 1. The van der Waals surface area contributed by atoms with Crippen molar-refractivity contribution >= 4 is 45.6 Å². The van der Waals surface area contributed by atoms with Crippen molar-refractivity contribution in [2.45, 2.75) is 12.6 Å². The Labute approximate surface area is 173 Å². The van der Waals surface area contributed by atoms with Crippen molar-refractivity contribution in [1.82, 2.24) is 24.6 Å². The smallest absolute Gasteiger partial charge is 0.231 e. The van der Waals surface area contributed by atoms with E-state index in [4.69, 9.17) is 11.6 Å². The van der Waals surface area contributed by atoms with E-state index in [-0.39, 0.29) is 17.3 Å². The Morgan fingerprint density at radius 1 is 1.37 bits per heavy atom. The molecular formula is C19H16ClF2N7O. The van der Waals surface area contributed by atoms with Crippen LogP contribution in [0.4, 0.5) is 20.3 Å². The molecule has 2 unspecified atom stereocenters. The number of benzene rings is 1. The van der Waals surface area contributed by atoms with Crippen LogP contribution in [0.3, 0.4) is 0 Å². The summed E-state index contributed by atoms with van der Waals surface area (Å²) in [4.78, 5) is 22.2. The summed E-state index contributed by atoms with van der Waals surface area (Å²) in [7, 11) is 3.43. The molecule has 0 aliphatic heterocycles. The number of alkyl halides is 1. The highest BCUT2D eigenvalue weighted by atomic mass is 35.5. The molecule has 1 saturated carbocycles. The summed E-state index contributed by atoms with van der Waals surface area (Å²) in [6.07, 6.45) is 5.42. The maximum Gasteiger partial charge on any atom is 0.231 e. The third kappa shape index (κ3) is 2.86. The van der Waals surface area contributed by atoms with Gasteiger partial charge in [-0.05, 0) is 6.42 Å². The second kappa shape index (κ2) is 6.63. The topological polar surface area (TPSA) is 91.2 Å². The number of aromatic nitrogens is 5. The molecule has 4 aromatic rings. The number of rotatable bonds is 4.